The average molecular weight is 351 g/mol. The van der Waals surface area contributed by atoms with Crippen LogP contribution in [0.5, 0.6) is 0 Å². The predicted octanol–water partition coefficient (Wildman–Crippen LogP) is 4.00. The van der Waals surface area contributed by atoms with Gasteiger partial charge in [0.05, 0.1) is 29.3 Å². The third-order valence-electron chi connectivity index (χ3n) is 4.25. The summed E-state index contributed by atoms with van der Waals surface area (Å²) in [5.74, 6) is 1.18. The summed E-state index contributed by atoms with van der Waals surface area (Å²) in [5.41, 5.74) is 3.02. The quantitative estimate of drug-likeness (QED) is 0.554. The van der Waals surface area contributed by atoms with E-state index in [0.29, 0.717) is 34.8 Å². The van der Waals surface area contributed by atoms with Gasteiger partial charge in [0, 0.05) is 5.56 Å². The molecule has 0 aliphatic carbocycles. The number of rotatable bonds is 4. The molecule has 0 saturated carbocycles. The first kappa shape index (κ1) is 16.3. The molecule has 0 fully saturated rings. The number of aromatic nitrogens is 3. The van der Waals surface area contributed by atoms with E-state index in [-0.39, 0.29) is 0 Å². The van der Waals surface area contributed by atoms with Gasteiger partial charge in [-0.3, -0.25) is 0 Å². The molecule has 0 amide bonds. The molecule has 6 heteroatoms. The summed E-state index contributed by atoms with van der Waals surface area (Å²) in [6.45, 7) is 0.431. The summed E-state index contributed by atoms with van der Waals surface area (Å²) in [5, 5.41) is 26.9. The van der Waals surface area contributed by atoms with Crippen molar-refractivity contribution < 1.29 is 4.42 Å². The van der Waals surface area contributed by atoms with Crippen molar-refractivity contribution in [1.29, 1.82) is 10.5 Å². The molecule has 0 radical (unpaired) electrons. The maximum Gasteiger partial charge on any atom is 0.137 e. The van der Waals surface area contributed by atoms with Crippen LogP contribution < -0.4 is 0 Å². The van der Waals surface area contributed by atoms with E-state index in [4.69, 9.17) is 4.42 Å². The molecule has 0 aliphatic heterocycles. The topological polar surface area (TPSA) is 91.4 Å². The van der Waals surface area contributed by atoms with Gasteiger partial charge in [0.15, 0.2) is 0 Å². The fraction of sp³-hybridized carbons (Fsp3) is 0.0476. The maximum absolute atomic E-state index is 9.79. The van der Waals surface area contributed by atoms with Crippen LogP contribution in [0.4, 0.5) is 0 Å². The van der Waals surface area contributed by atoms with Crippen LogP contribution in [-0.4, -0.2) is 14.8 Å². The highest BCUT2D eigenvalue weighted by Crippen LogP contribution is 2.34. The van der Waals surface area contributed by atoms with Crippen molar-refractivity contribution in [1.82, 2.24) is 14.8 Å². The maximum atomic E-state index is 9.79. The highest BCUT2D eigenvalue weighted by molar-refractivity contribution is 5.76. The Morgan fingerprint density at radius 1 is 0.852 bits per heavy atom. The number of furan rings is 1. The molecule has 27 heavy (non-hydrogen) atoms. The van der Waals surface area contributed by atoms with Crippen LogP contribution in [0.1, 0.15) is 16.7 Å². The lowest BCUT2D eigenvalue weighted by atomic mass is 9.95. The van der Waals surface area contributed by atoms with Crippen LogP contribution in [0.3, 0.4) is 0 Å². The highest BCUT2D eigenvalue weighted by Gasteiger charge is 2.19. The number of benzene rings is 2. The molecule has 2 aromatic carbocycles. The molecule has 2 heterocycles. The summed E-state index contributed by atoms with van der Waals surface area (Å²) in [6, 6.07) is 21.2. The smallest absolute Gasteiger partial charge is 0.137 e. The van der Waals surface area contributed by atoms with Crippen LogP contribution in [0.15, 0.2) is 71.7 Å². The van der Waals surface area contributed by atoms with Gasteiger partial charge in [0.1, 0.15) is 30.2 Å². The molecular weight excluding hydrogens is 338 g/mol. The van der Waals surface area contributed by atoms with E-state index >= 15 is 0 Å². The molecule has 4 aromatic rings. The Morgan fingerprint density at radius 3 is 2.30 bits per heavy atom. The lowest BCUT2D eigenvalue weighted by molar-refractivity contribution is 0.597. The molecule has 0 atom stereocenters. The van der Waals surface area contributed by atoms with Crippen LogP contribution in [0.2, 0.25) is 0 Å². The van der Waals surface area contributed by atoms with Gasteiger partial charge in [0.2, 0.25) is 0 Å². The van der Waals surface area contributed by atoms with Crippen molar-refractivity contribution in [2.75, 3.05) is 0 Å². The van der Waals surface area contributed by atoms with Crippen molar-refractivity contribution in [3.05, 3.63) is 83.9 Å². The normalized spacial score (nSPS) is 10.3. The highest BCUT2D eigenvalue weighted by atomic mass is 16.3. The first-order chi connectivity index (χ1) is 13.3. The van der Waals surface area contributed by atoms with Crippen molar-refractivity contribution >= 4 is 0 Å². The summed E-state index contributed by atoms with van der Waals surface area (Å²) < 4.78 is 7.76. The van der Waals surface area contributed by atoms with Crippen LogP contribution in [0, 0.1) is 22.7 Å². The molecule has 6 nitrogen and oxygen atoms in total. The standard InChI is InChI=1S/C21H13N5O/c22-10-16-6-7-17(12-26-13-24-25-14-26)18(11-23)21(16)20-9-8-19(27-20)15-4-2-1-3-5-15/h1-9,13-14H,12H2. The van der Waals surface area contributed by atoms with Gasteiger partial charge in [-0.15, -0.1) is 10.2 Å². The number of hydrogen-bond acceptors (Lipinski definition) is 5. The van der Waals surface area contributed by atoms with Crippen molar-refractivity contribution in [2.45, 2.75) is 6.54 Å². The Morgan fingerprint density at radius 2 is 1.59 bits per heavy atom. The minimum absolute atomic E-state index is 0.396. The number of nitriles is 2. The number of hydrogen-bond donors (Lipinski definition) is 0. The monoisotopic (exact) mass is 351 g/mol. The SMILES string of the molecule is N#Cc1ccc(Cn2cnnc2)c(C#N)c1-c1ccc(-c2ccccc2)o1. The zero-order chi connectivity index (χ0) is 18.6. The lowest BCUT2D eigenvalue weighted by Crippen LogP contribution is -2.02. The predicted molar refractivity (Wildman–Crippen MR) is 98.1 cm³/mol. The fourth-order valence-corrected chi connectivity index (χ4v) is 2.98. The van der Waals surface area contributed by atoms with Gasteiger partial charge in [-0.25, -0.2) is 0 Å². The van der Waals surface area contributed by atoms with Crippen molar-refractivity contribution in [3.8, 4) is 34.8 Å². The third kappa shape index (κ3) is 3.08. The average Bonchev–Trinajstić information content (AvgIpc) is 3.40. The van der Waals surface area contributed by atoms with Crippen molar-refractivity contribution in [3.63, 3.8) is 0 Å². The lowest BCUT2D eigenvalue weighted by Gasteiger charge is -2.10. The molecular formula is C21H13N5O. The van der Waals surface area contributed by atoms with E-state index in [1.165, 1.54) is 0 Å². The Balaban J connectivity index is 1.83. The minimum atomic E-state index is 0.396. The van der Waals surface area contributed by atoms with Gasteiger partial charge in [-0.05, 0) is 23.8 Å². The zero-order valence-corrected chi connectivity index (χ0v) is 14.2. The van der Waals surface area contributed by atoms with Crippen LogP contribution in [-0.2, 0) is 6.54 Å². The Bertz CT molecular complexity index is 1160. The van der Waals surface area contributed by atoms with E-state index in [0.717, 1.165) is 11.1 Å². The van der Waals surface area contributed by atoms with E-state index in [1.807, 2.05) is 36.4 Å². The van der Waals surface area contributed by atoms with E-state index in [2.05, 4.69) is 22.3 Å². The van der Waals surface area contributed by atoms with Crippen LogP contribution in [0.25, 0.3) is 22.6 Å². The fourth-order valence-electron chi connectivity index (χ4n) is 2.98. The molecule has 0 bridgehead atoms. The second kappa shape index (κ2) is 6.99. The first-order valence-electron chi connectivity index (χ1n) is 8.24. The minimum Gasteiger partial charge on any atom is -0.456 e. The van der Waals surface area contributed by atoms with Gasteiger partial charge in [0.25, 0.3) is 0 Å². The molecule has 4 rings (SSSR count). The second-order valence-corrected chi connectivity index (χ2v) is 5.91. The molecule has 0 N–H and O–H groups in total. The third-order valence-corrected chi connectivity index (χ3v) is 4.25. The summed E-state index contributed by atoms with van der Waals surface area (Å²) in [6.07, 6.45) is 3.17. The molecule has 2 aromatic heterocycles. The molecule has 128 valence electrons. The van der Waals surface area contributed by atoms with Gasteiger partial charge in [-0.2, -0.15) is 10.5 Å². The Labute approximate surface area is 155 Å². The first-order valence-corrected chi connectivity index (χ1v) is 8.24. The van der Waals surface area contributed by atoms with Gasteiger partial charge < -0.3 is 8.98 Å². The molecule has 0 spiro atoms. The Hall–Kier alpha value is -4.16. The van der Waals surface area contributed by atoms with E-state index in [9.17, 15) is 10.5 Å². The van der Waals surface area contributed by atoms with Crippen LogP contribution >= 0.6 is 0 Å². The summed E-state index contributed by atoms with van der Waals surface area (Å²) >= 11 is 0. The molecule has 0 aliphatic rings. The number of nitrogens with zero attached hydrogens (tertiary/aromatic N) is 5. The Kier molecular flexibility index (Phi) is 4.22. The second-order valence-electron chi connectivity index (χ2n) is 5.91. The molecule has 0 unspecified atom stereocenters. The van der Waals surface area contributed by atoms with E-state index in [1.54, 1.807) is 35.4 Å². The zero-order valence-electron chi connectivity index (χ0n) is 14.2. The van der Waals surface area contributed by atoms with E-state index < -0.39 is 0 Å². The summed E-state index contributed by atoms with van der Waals surface area (Å²) in [4.78, 5) is 0. The van der Waals surface area contributed by atoms with Crippen molar-refractivity contribution in [2.24, 2.45) is 0 Å². The van der Waals surface area contributed by atoms with Gasteiger partial charge >= 0.3 is 0 Å². The summed E-state index contributed by atoms with van der Waals surface area (Å²) in [7, 11) is 0. The molecule has 0 saturated heterocycles. The van der Waals surface area contributed by atoms with Gasteiger partial charge in [-0.1, -0.05) is 36.4 Å². The largest absolute Gasteiger partial charge is 0.456 e.